The van der Waals surface area contributed by atoms with Crippen LogP contribution >= 0.6 is 0 Å². The second-order valence-electron chi connectivity index (χ2n) is 5.27. The summed E-state index contributed by atoms with van der Waals surface area (Å²) in [4.78, 5) is 21.2. The van der Waals surface area contributed by atoms with Crippen molar-refractivity contribution in [3.63, 3.8) is 0 Å². The van der Waals surface area contributed by atoms with Crippen LogP contribution in [0.2, 0.25) is 0 Å². The van der Waals surface area contributed by atoms with E-state index >= 15 is 0 Å². The zero-order valence-electron chi connectivity index (χ0n) is 13.1. The molecule has 24 heavy (non-hydrogen) atoms. The molecule has 2 heterocycles. The number of terminal acetylenes is 1. The van der Waals surface area contributed by atoms with Crippen molar-refractivity contribution in [3.8, 4) is 12.3 Å². The van der Waals surface area contributed by atoms with Crippen LogP contribution in [0.3, 0.4) is 0 Å². The zero-order valence-corrected chi connectivity index (χ0v) is 13.1. The van der Waals surface area contributed by atoms with E-state index in [9.17, 15) is 4.79 Å². The largest absolute Gasteiger partial charge is 0.452 e. The smallest absolute Gasteiger partial charge is 0.339 e. The third-order valence-electron chi connectivity index (χ3n) is 3.68. The summed E-state index contributed by atoms with van der Waals surface area (Å²) >= 11 is 0. The van der Waals surface area contributed by atoms with Gasteiger partial charge in [-0.25, -0.2) is 4.79 Å². The van der Waals surface area contributed by atoms with Crippen LogP contribution in [0.15, 0.2) is 60.9 Å². The number of fused-ring (bicyclic) bond motifs is 1. The van der Waals surface area contributed by atoms with E-state index < -0.39 is 12.1 Å². The van der Waals surface area contributed by atoms with Crippen LogP contribution in [-0.4, -0.2) is 15.9 Å². The first-order chi connectivity index (χ1) is 11.8. The number of carbonyl (C=O) groups is 1. The molecule has 4 heteroatoms. The molecule has 1 atom stereocenters. The number of benzene rings is 1. The molecule has 1 unspecified atom stereocenters. The Labute approximate surface area is 140 Å². The van der Waals surface area contributed by atoms with Gasteiger partial charge in [-0.3, -0.25) is 9.97 Å². The summed E-state index contributed by atoms with van der Waals surface area (Å²) in [6.07, 6.45) is 9.29. The molecule has 0 spiro atoms. The SMILES string of the molecule is C#CCCC(OC(=O)c1cccc2ncccc12)c1ccccn1. The van der Waals surface area contributed by atoms with Gasteiger partial charge in [-0.15, -0.1) is 12.3 Å². The number of hydrogen-bond acceptors (Lipinski definition) is 4. The fourth-order valence-electron chi connectivity index (χ4n) is 2.52. The number of esters is 1. The lowest BCUT2D eigenvalue weighted by Gasteiger charge is -2.17. The Bertz CT molecular complexity index is 880. The Kier molecular flexibility index (Phi) is 4.83. The molecular formula is C20H16N2O2. The summed E-state index contributed by atoms with van der Waals surface area (Å²) in [5, 5.41) is 0.765. The highest BCUT2D eigenvalue weighted by Crippen LogP contribution is 2.24. The minimum absolute atomic E-state index is 0.402. The summed E-state index contributed by atoms with van der Waals surface area (Å²) in [5.74, 6) is 2.18. The fraction of sp³-hybridized carbons (Fsp3) is 0.150. The highest BCUT2D eigenvalue weighted by molar-refractivity contribution is 6.03. The molecule has 0 saturated carbocycles. The maximum absolute atomic E-state index is 12.7. The predicted octanol–water partition coefficient (Wildman–Crippen LogP) is 3.94. The molecule has 2 aromatic heterocycles. The van der Waals surface area contributed by atoms with Gasteiger partial charge in [-0.2, -0.15) is 0 Å². The third-order valence-corrected chi connectivity index (χ3v) is 3.68. The van der Waals surface area contributed by atoms with E-state index in [4.69, 9.17) is 11.2 Å². The van der Waals surface area contributed by atoms with Crippen molar-refractivity contribution < 1.29 is 9.53 Å². The Hall–Kier alpha value is -3.19. The highest BCUT2D eigenvalue weighted by atomic mass is 16.5. The number of ether oxygens (including phenoxy) is 1. The zero-order chi connectivity index (χ0) is 16.8. The second kappa shape index (κ2) is 7.38. The number of rotatable bonds is 5. The van der Waals surface area contributed by atoms with Crippen molar-refractivity contribution in [2.24, 2.45) is 0 Å². The number of nitrogens with zero attached hydrogens (tertiary/aromatic N) is 2. The van der Waals surface area contributed by atoms with Gasteiger partial charge in [-0.1, -0.05) is 18.2 Å². The molecule has 0 radical (unpaired) electrons. The molecule has 0 aliphatic carbocycles. The van der Waals surface area contributed by atoms with Crippen molar-refractivity contribution in [2.75, 3.05) is 0 Å². The van der Waals surface area contributed by atoms with E-state index in [1.165, 1.54) is 0 Å². The molecular weight excluding hydrogens is 300 g/mol. The Morgan fingerprint density at radius 1 is 1.08 bits per heavy atom. The first-order valence-electron chi connectivity index (χ1n) is 7.68. The maximum Gasteiger partial charge on any atom is 0.339 e. The van der Waals surface area contributed by atoms with Crippen molar-refractivity contribution in [1.82, 2.24) is 9.97 Å². The van der Waals surface area contributed by atoms with Gasteiger partial charge in [0.05, 0.1) is 16.8 Å². The van der Waals surface area contributed by atoms with Gasteiger partial charge in [0.2, 0.25) is 0 Å². The molecule has 3 aromatic rings. The summed E-state index contributed by atoms with van der Waals surface area (Å²) in [5.41, 5.74) is 1.94. The molecule has 0 N–H and O–H groups in total. The van der Waals surface area contributed by atoms with Gasteiger partial charge in [0.1, 0.15) is 6.10 Å². The Balaban J connectivity index is 1.89. The van der Waals surface area contributed by atoms with Crippen LogP contribution in [0.25, 0.3) is 10.9 Å². The molecule has 4 nitrogen and oxygen atoms in total. The molecule has 0 aliphatic rings. The summed E-state index contributed by atoms with van der Waals surface area (Å²) in [7, 11) is 0. The van der Waals surface area contributed by atoms with E-state index in [1.807, 2.05) is 30.3 Å². The van der Waals surface area contributed by atoms with Crippen LogP contribution in [0.4, 0.5) is 0 Å². The van der Waals surface area contributed by atoms with E-state index in [0.717, 1.165) is 10.9 Å². The van der Waals surface area contributed by atoms with Crippen molar-refractivity contribution >= 4 is 16.9 Å². The van der Waals surface area contributed by atoms with Gasteiger partial charge in [0.25, 0.3) is 0 Å². The predicted molar refractivity (Wildman–Crippen MR) is 92.2 cm³/mol. The van der Waals surface area contributed by atoms with Crippen LogP contribution in [0, 0.1) is 12.3 Å². The average molecular weight is 316 g/mol. The molecule has 3 rings (SSSR count). The lowest BCUT2D eigenvalue weighted by Crippen LogP contribution is -2.13. The van der Waals surface area contributed by atoms with E-state index in [-0.39, 0.29) is 0 Å². The maximum atomic E-state index is 12.7. The van der Waals surface area contributed by atoms with Gasteiger partial charge in [-0.05, 0) is 30.3 Å². The average Bonchev–Trinajstić information content (AvgIpc) is 2.65. The second-order valence-corrected chi connectivity index (χ2v) is 5.27. The molecule has 118 valence electrons. The topological polar surface area (TPSA) is 52.1 Å². The van der Waals surface area contributed by atoms with Gasteiger partial charge in [0.15, 0.2) is 0 Å². The Morgan fingerprint density at radius 3 is 2.75 bits per heavy atom. The first kappa shape index (κ1) is 15.7. The van der Waals surface area contributed by atoms with Crippen LogP contribution in [0.5, 0.6) is 0 Å². The van der Waals surface area contributed by atoms with E-state index in [0.29, 0.717) is 24.1 Å². The number of hydrogen-bond donors (Lipinski definition) is 0. The van der Waals surface area contributed by atoms with Gasteiger partial charge < -0.3 is 4.74 Å². The Morgan fingerprint density at radius 2 is 1.96 bits per heavy atom. The lowest BCUT2D eigenvalue weighted by molar-refractivity contribution is 0.0272. The standard InChI is InChI=1S/C20H16N2O2/c1-2-3-12-19(18-10-4-5-13-22-18)24-20(23)16-8-6-11-17-15(16)9-7-14-21-17/h1,4-11,13-14,19H,3,12H2. The fourth-order valence-corrected chi connectivity index (χ4v) is 2.52. The van der Waals surface area contributed by atoms with E-state index in [2.05, 4.69) is 15.9 Å². The normalized spacial score (nSPS) is 11.6. The number of carbonyl (C=O) groups excluding carboxylic acids is 1. The number of aromatic nitrogens is 2. The van der Waals surface area contributed by atoms with Gasteiger partial charge >= 0.3 is 5.97 Å². The lowest BCUT2D eigenvalue weighted by atomic mass is 10.1. The minimum atomic E-state index is -0.471. The molecule has 0 amide bonds. The van der Waals surface area contributed by atoms with Crippen LogP contribution < -0.4 is 0 Å². The molecule has 0 bridgehead atoms. The van der Waals surface area contributed by atoms with Crippen molar-refractivity contribution in [1.29, 1.82) is 0 Å². The summed E-state index contributed by atoms with van der Waals surface area (Å²) in [6, 6.07) is 14.6. The van der Waals surface area contributed by atoms with Crippen LogP contribution in [0.1, 0.15) is 35.0 Å². The monoisotopic (exact) mass is 316 g/mol. The molecule has 0 saturated heterocycles. The molecule has 0 aliphatic heterocycles. The van der Waals surface area contributed by atoms with Crippen molar-refractivity contribution in [3.05, 3.63) is 72.2 Å². The van der Waals surface area contributed by atoms with E-state index in [1.54, 1.807) is 30.6 Å². The van der Waals surface area contributed by atoms with Crippen molar-refractivity contribution in [2.45, 2.75) is 18.9 Å². The third kappa shape index (κ3) is 3.41. The molecule has 0 fully saturated rings. The summed E-state index contributed by atoms with van der Waals surface area (Å²) in [6.45, 7) is 0. The first-order valence-corrected chi connectivity index (χ1v) is 7.68. The highest BCUT2D eigenvalue weighted by Gasteiger charge is 2.20. The molecule has 1 aromatic carbocycles. The number of pyridine rings is 2. The van der Waals surface area contributed by atoms with Gasteiger partial charge in [0, 0.05) is 30.6 Å². The quantitative estimate of drug-likeness (QED) is 0.528. The summed E-state index contributed by atoms with van der Waals surface area (Å²) < 4.78 is 5.71. The minimum Gasteiger partial charge on any atom is -0.452 e. The van der Waals surface area contributed by atoms with Crippen LogP contribution in [-0.2, 0) is 4.74 Å².